The number of aromatic hydroxyl groups is 1. The number of fused-ring (bicyclic) bond motifs is 1. The van der Waals surface area contributed by atoms with Gasteiger partial charge in [0.1, 0.15) is 11.4 Å². The molecule has 1 aliphatic heterocycles. The monoisotopic (exact) mass is 530 g/mol. The Morgan fingerprint density at radius 1 is 1.18 bits per heavy atom. The summed E-state index contributed by atoms with van der Waals surface area (Å²) >= 11 is 0. The number of para-hydroxylation sites is 1. The molecule has 0 unspecified atom stereocenters. The summed E-state index contributed by atoms with van der Waals surface area (Å²) in [5, 5.41) is 26.9. The Labute approximate surface area is 229 Å². The van der Waals surface area contributed by atoms with Gasteiger partial charge in [0.2, 0.25) is 0 Å². The lowest BCUT2D eigenvalue weighted by Gasteiger charge is -2.42. The van der Waals surface area contributed by atoms with E-state index in [9.17, 15) is 9.90 Å². The molecule has 1 amide bonds. The minimum atomic E-state index is -0.233. The molecule has 2 fully saturated rings. The molecule has 1 aromatic carbocycles. The van der Waals surface area contributed by atoms with E-state index in [4.69, 9.17) is 9.82 Å². The van der Waals surface area contributed by atoms with Crippen molar-refractivity contribution in [2.24, 2.45) is 11.1 Å². The lowest BCUT2D eigenvalue weighted by atomic mass is 9.67. The molecule has 9 nitrogen and oxygen atoms in total. The van der Waals surface area contributed by atoms with Crippen LogP contribution in [-0.4, -0.2) is 49.7 Å². The summed E-state index contributed by atoms with van der Waals surface area (Å²) in [4.78, 5) is 23.2. The highest BCUT2D eigenvalue weighted by Crippen LogP contribution is 2.49. The maximum absolute atomic E-state index is 12.3. The van der Waals surface area contributed by atoms with Crippen molar-refractivity contribution in [2.75, 3.05) is 11.9 Å². The smallest absolute Gasteiger partial charge is 0.255 e. The van der Waals surface area contributed by atoms with E-state index in [0.717, 1.165) is 66.6 Å². The van der Waals surface area contributed by atoms with Gasteiger partial charge in [-0.1, -0.05) is 36.6 Å². The van der Waals surface area contributed by atoms with Crippen LogP contribution in [0.5, 0.6) is 5.75 Å². The molecule has 3 aromatic rings. The van der Waals surface area contributed by atoms with E-state index in [-0.39, 0.29) is 17.3 Å². The summed E-state index contributed by atoms with van der Waals surface area (Å²) < 4.78 is 1.95. The molecule has 2 aromatic heterocycles. The molecule has 0 saturated heterocycles. The number of nitrogens with one attached hydrogen (secondary N) is 2. The van der Waals surface area contributed by atoms with Crippen LogP contribution in [0.3, 0.4) is 0 Å². The molecule has 9 heteroatoms. The van der Waals surface area contributed by atoms with Crippen molar-refractivity contribution >= 4 is 28.3 Å². The van der Waals surface area contributed by atoms with Gasteiger partial charge in [-0.15, -0.1) is 0 Å². The van der Waals surface area contributed by atoms with E-state index >= 15 is 0 Å². The van der Waals surface area contributed by atoms with Gasteiger partial charge in [0.05, 0.1) is 28.5 Å². The topological polar surface area (TPSA) is 114 Å². The van der Waals surface area contributed by atoms with Crippen molar-refractivity contribution in [1.29, 1.82) is 0 Å². The zero-order chi connectivity index (χ0) is 26.8. The maximum Gasteiger partial charge on any atom is 0.255 e. The second kappa shape index (κ2) is 10.9. The third kappa shape index (κ3) is 5.18. The predicted molar refractivity (Wildman–Crippen MR) is 151 cm³/mol. The van der Waals surface area contributed by atoms with Crippen LogP contribution in [0.15, 0.2) is 41.8 Å². The molecule has 3 heterocycles. The van der Waals surface area contributed by atoms with Gasteiger partial charge >= 0.3 is 0 Å². The van der Waals surface area contributed by atoms with E-state index in [2.05, 4.69) is 27.8 Å². The molecule has 39 heavy (non-hydrogen) atoms. The fourth-order valence-corrected chi connectivity index (χ4v) is 6.52. The van der Waals surface area contributed by atoms with E-state index < -0.39 is 0 Å². The van der Waals surface area contributed by atoms with Crippen molar-refractivity contribution in [2.45, 2.75) is 89.3 Å². The Kier molecular flexibility index (Phi) is 7.14. The maximum atomic E-state index is 12.3. The van der Waals surface area contributed by atoms with Gasteiger partial charge in [0.15, 0.2) is 5.65 Å². The number of nitrogens with zero attached hydrogens (tertiary/aromatic N) is 4. The van der Waals surface area contributed by atoms with Crippen LogP contribution in [0.2, 0.25) is 0 Å². The van der Waals surface area contributed by atoms with Crippen molar-refractivity contribution in [1.82, 2.24) is 20.1 Å². The van der Waals surface area contributed by atoms with Crippen molar-refractivity contribution < 1.29 is 14.7 Å². The standard InChI is InChI=1S/C30H38N6O3/c1-2-36-28-24(19-33-36)27(34-21-10-4-3-5-11-21)23(18-32-28)25-17-30(39-35-25)15-20(16-30)9-8-14-31-29(38)22-12-6-7-13-26(22)37/h6-7,12-13,18-21,37H,2-5,8-11,14-17H2,1H3,(H,31,38)(H,32,34). The molecule has 2 aliphatic carbocycles. The van der Waals surface area contributed by atoms with E-state index in [0.29, 0.717) is 24.1 Å². The molecule has 1 spiro atoms. The normalized spacial score (nSPS) is 22.9. The number of rotatable bonds is 9. The summed E-state index contributed by atoms with van der Waals surface area (Å²) in [6.45, 7) is 3.46. The van der Waals surface area contributed by atoms with Gasteiger partial charge in [0.25, 0.3) is 5.91 Å². The number of anilines is 1. The zero-order valence-electron chi connectivity index (χ0n) is 22.7. The molecule has 3 N–H and O–H groups in total. The molecule has 6 rings (SSSR count). The third-order valence-electron chi connectivity index (χ3n) is 8.61. The number of phenolic OH excluding ortho intramolecular Hbond substituents is 1. The average Bonchev–Trinajstić information content (AvgIpc) is 3.57. The van der Waals surface area contributed by atoms with E-state index in [1.807, 2.05) is 17.1 Å². The van der Waals surface area contributed by atoms with Crippen molar-refractivity contribution in [3.05, 3.63) is 47.8 Å². The molecule has 3 aliphatic rings. The van der Waals surface area contributed by atoms with Gasteiger partial charge in [-0.3, -0.25) is 4.79 Å². The predicted octanol–water partition coefficient (Wildman–Crippen LogP) is 5.38. The quantitative estimate of drug-likeness (QED) is 0.320. The Morgan fingerprint density at radius 2 is 2.00 bits per heavy atom. The minimum absolute atomic E-state index is 0.00997. The highest BCUT2D eigenvalue weighted by atomic mass is 16.7. The van der Waals surface area contributed by atoms with Gasteiger partial charge in [-0.05, 0) is 63.5 Å². The van der Waals surface area contributed by atoms with Crippen LogP contribution in [0.1, 0.15) is 87.1 Å². The number of carbonyl (C=O) groups is 1. The lowest BCUT2D eigenvalue weighted by Crippen LogP contribution is -2.44. The Balaban J connectivity index is 1.06. The molecular formula is C30H38N6O3. The average molecular weight is 531 g/mol. The van der Waals surface area contributed by atoms with Crippen LogP contribution in [0.25, 0.3) is 11.0 Å². The lowest BCUT2D eigenvalue weighted by molar-refractivity contribution is -0.109. The summed E-state index contributed by atoms with van der Waals surface area (Å²) in [5.41, 5.74) is 4.12. The minimum Gasteiger partial charge on any atom is -0.507 e. The molecule has 2 saturated carbocycles. The Bertz CT molecular complexity index is 1370. The van der Waals surface area contributed by atoms with Crippen LogP contribution < -0.4 is 10.6 Å². The highest BCUT2D eigenvalue weighted by Gasteiger charge is 2.50. The van der Waals surface area contributed by atoms with Gasteiger partial charge < -0.3 is 20.6 Å². The third-order valence-corrected chi connectivity index (χ3v) is 8.61. The van der Waals surface area contributed by atoms with Gasteiger partial charge in [-0.25, -0.2) is 9.67 Å². The van der Waals surface area contributed by atoms with Crippen LogP contribution in [0, 0.1) is 5.92 Å². The largest absolute Gasteiger partial charge is 0.507 e. The highest BCUT2D eigenvalue weighted by molar-refractivity contribution is 6.10. The number of aryl methyl sites for hydroxylation is 1. The number of carbonyl (C=O) groups excluding carboxylic acids is 1. The first-order chi connectivity index (χ1) is 19.0. The second-order valence-corrected chi connectivity index (χ2v) is 11.4. The number of pyridine rings is 1. The number of oxime groups is 1. The first kappa shape index (κ1) is 25.6. The number of hydrogen-bond acceptors (Lipinski definition) is 7. The summed E-state index contributed by atoms with van der Waals surface area (Å²) in [6.07, 6.45) is 14.8. The molecule has 0 atom stereocenters. The Morgan fingerprint density at radius 3 is 2.79 bits per heavy atom. The SMILES string of the molecule is CCn1ncc2c(NC3CCCCC3)c(C3=NOC4(C3)CC(CCCNC(=O)c3ccccc3O)C4)cnc21. The summed E-state index contributed by atoms with van der Waals surface area (Å²) in [5.74, 6) is 0.337. The van der Waals surface area contributed by atoms with Gasteiger partial charge in [-0.2, -0.15) is 5.10 Å². The second-order valence-electron chi connectivity index (χ2n) is 11.4. The fraction of sp³-hybridized carbons (Fsp3) is 0.533. The zero-order valence-corrected chi connectivity index (χ0v) is 22.7. The molecule has 206 valence electrons. The van der Waals surface area contributed by atoms with Crippen molar-refractivity contribution in [3.63, 3.8) is 0 Å². The van der Waals surface area contributed by atoms with Gasteiger partial charge in [0, 0.05) is 37.3 Å². The molecule has 0 bridgehead atoms. The number of benzene rings is 1. The number of aromatic nitrogens is 3. The first-order valence-corrected chi connectivity index (χ1v) is 14.5. The van der Waals surface area contributed by atoms with Crippen LogP contribution in [-0.2, 0) is 11.4 Å². The van der Waals surface area contributed by atoms with E-state index in [1.165, 1.54) is 38.2 Å². The number of phenols is 1. The molecular weight excluding hydrogens is 492 g/mol. The Hall–Kier alpha value is -3.62. The molecule has 0 radical (unpaired) electrons. The van der Waals surface area contributed by atoms with Crippen LogP contribution in [0.4, 0.5) is 5.69 Å². The number of amides is 1. The summed E-state index contributed by atoms with van der Waals surface area (Å²) in [7, 11) is 0. The van der Waals surface area contributed by atoms with Crippen molar-refractivity contribution in [3.8, 4) is 5.75 Å². The first-order valence-electron chi connectivity index (χ1n) is 14.5. The number of hydrogen-bond donors (Lipinski definition) is 3. The van der Waals surface area contributed by atoms with E-state index in [1.54, 1.807) is 18.2 Å². The van der Waals surface area contributed by atoms with Crippen LogP contribution >= 0.6 is 0 Å². The fourth-order valence-electron chi connectivity index (χ4n) is 6.52. The summed E-state index contributed by atoms with van der Waals surface area (Å²) in [6, 6.07) is 7.09.